The molecular formula is C26H28BrNOS. The van der Waals surface area contributed by atoms with Crippen LogP contribution in [0.1, 0.15) is 54.7 Å². The van der Waals surface area contributed by atoms with Crippen LogP contribution in [0.4, 0.5) is 5.69 Å². The molecule has 156 valence electrons. The minimum atomic E-state index is -0.106. The highest BCUT2D eigenvalue weighted by Crippen LogP contribution is 2.28. The number of benzene rings is 3. The summed E-state index contributed by atoms with van der Waals surface area (Å²) in [4.78, 5) is 14.3. The zero-order valence-corrected chi connectivity index (χ0v) is 20.3. The van der Waals surface area contributed by atoms with E-state index in [9.17, 15) is 4.79 Å². The lowest BCUT2D eigenvalue weighted by atomic mass is 9.86. The Labute approximate surface area is 192 Å². The molecule has 0 fully saturated rings. The molecule has 3 aromatic rings. The Balaban J connectivity index is 1.84. The van der Waals surface area contributed by atoms with Gasteiger partial charge in [0.05, 0.1) is 6.04 Å². The molecule has 2 nitrogen and oxygen atoms in total. The summed E-state index contributed by atoms with van der Waals surface area (Å²) in [6, 6.07) is 24.4. The van der Waals surface area contributed by atoms with Crippen molar-refractivity contribution in [1.82, 2.24) is 0 Å². The first-order valence-electron chi connectivity index (χ1n) is 10.1. The number of anilines is 1. The molecule has 0 unspecified atom stereocenters. The van der Waals surface area contributed by atoms with Crippen molar-refractivity contribution < 1.29 is 4.79 Å². The molecule has 0 spiro atoms. The topological polar surface area (TPSA) is 29.1 Å². The predicted octanol–water partition coefficient (Wildman–Crippen LogP) is 7.89. The molecule has 0 saturated carbocycles. The zero-order valence-electron chi connectivity index (χ0n) is 17.9. The highest BCUT2D eigenvalue weighted by Gasteiger charge is 2.19. The average Bonchev–Trinajstić information content (AvgIpc) is 2.73. The maximum absolute atomic E-state index is 13.1. The second-order valence-corrected chi connectivity index (χ2v) is 10.2. The summed E-state index contributed by atoms with van der Waals surface area (Å²) < 4.78 is 1.01. The zero-order chi connectivity index (χ0) is 21.7. The molecular weight excluding hydrogens is 454 g/mol. The highest BCUT2D eigenvalue weighted by atomic mass is 79.9. The monoisotopic (exact) mass is 481 g/mol. The van der Waals surface area contributed by atoms with Gasteiger partial charge in [0.15, 0.2) is 5.78 Å². The van der Waals surface area contributed by atoms with Crippen molar-refractivity contribution in [2.45, 2.75) is 43.5 Å². The summed E-state index contributed by atoms with van der Waals surface area (Å²) in [7, 11) is 0. The fourth-order valence-electron chi connectivity index (χ4n) is 3.33. The van der Waals surface area contributed by atoms with Gasteiger partial charge >= 0.3 is 0 Å². The van der Waals surface area contributed by atoms with Gasteiger partial charge in [0.2, 0.25) is 0 Å². The van der Waals surface area contributed by atoms with Gasteiger partial charge in [-0.05, 0) is 53.1 Å². The average molecular weight is 482 g/mol. The van der Waals surface area contributed by atoms with Gasteiger partial charge < -0.3 is 5.32 Å². The number of carbonyl (C=O) groups is 1. The normalized spacial score (nSPS) is 12.4. The molecule has 0 aliphatic heterocycles. The molecule has 0 heterocycles. The maximum atomic E-state index is 13.1. The van der Waals surface area contributed by atoms with Gasteiger partial charge in [-0.15, -0.1) is 11.8 Å². The number of nitrogens with one attached hydrogen (secondary N) is 1. The van der Waals surface area contributed by atoms with Gasteiger partial charge in [-0.25, -0.2) is 0 Å². The van der Waals surface area contributed by atoms with E-state index in [2.05, 4.69) is 84.7 Å². The Morgan fingerprint density at radius 3 is 2.23 bits per heavy atom. The lowest BCUT2D eigenvalue weighted by Crippen LogP contribution is -2.16. The van der Waals surface area contributed by atoms with Crippen LogP contribution in [0.25, 0.3) is 0 Å². The summed E-state index contributed by atoms with van der Waals surface area (Å²) in [5.41, 5.74) is 4.15. The molecule has 0 aliphatic carbocycles. The van der Waals surface area contributed by atoms with Crippen LogP contribution >= 0.6 is 27.7 Å². The van der Waals surface area contributed by atoms with Crippen molar-refractivity contribution in [2.75, 3.05) is 11.6 Å². The Morgan fingerprint density at radius 1 is 1.00 bits per heavy atom. The van der Waals surface area contributed by atoms with Crippen molar-refractivity contribution >= 4 is 39.2 Å². The molecule has 0 saturated heterocycles. The quantitative estimate of drug-likeness (QED) is 0.274. The molecule has 4 heteroatoms. The molecule has 0 radical (unpaired) electrons. The Bertz CT molecular complexity index is 991. The smallest absolute Gasteiger partial charge is 0.165 e. The van der Waals surface area contributed by atoms with Crippen LogP contribution in [0.15, 0.2) is 82.2 Å². The molecule has 0 amide bonds. The Morgan fingerprint density at radius 2 is 1.67 bits per heavy atom. The summed E-state index contributed by atoms with van der Waals surface area (Å²) in [5.74, 6) is 0.136. The van der Waals surface area contributed by atoms with Crippen molar-refractivity contribution in [3.8, 4) is 0 Å². The molecule has 3 rings (SSSR count). The van der Waals surface area contributed by atoms with E-state index >= 15 is 0 Å². The van der Waals surface area contributed by atoms with E-state index in [1.54, 1.807) is 11.8 Å². The number of rotatable bonds is 7. The minimum Gasteiger partial charge on any atom is -0.378 e. The standard InChI is InChI=1S/C26H28BrNOS/c1-26(2,3)20-12-8-19(9-13-20)25(29)17-24(18-10-14-23(30-4)15-11-18)28-22-7-5-6-21(27)16-22/h5-16,24,28H,17H2,1-4H3/t24-/m0/s1. The fraction of sp³-hybridized carbons (Fsp3) is 0.269. The number of hydrogen-bond donors (Lipinski definition) is 1. The number of thioether (sulfide) groups is 1. The summed E-state index contributed by atoms with van der Waals surface area (Å²) in [6.07, 6.45) is 2.46. The van der Waals surface area contributed by atoms with Crippen molar-refractivity contribution in [3.05, 3.63) is 94.0 Å². The van der Waals surface area contributed by atoms with Gasteiger partial charge in [0.25, 0.3) is 0 Å². The minimum absolute atomic E-state index is 0.0748. The third kappa shape index (κ3) is 5.99. The van der Waals surface area contributed by atoms with E-state index in [-0.39, 0.29) is 17.2 Å². The number of halogens is 1. The highest BCUT2D eigenvalue weighted by molar-refractivity contribution is 9.10. The van der Waals surface area contributed by atoms with Gasteiger partial charge in [-0.2, -0.15) is 0 Å². The van der Waals surface area contributed by atoms with Crippen LogP contribution in [0.5, 0.6) is 0 Å². The lowest BCUT2D eigenvalue weighted by Gasteiger charge is -2.21. The summed E-state index contributed by atoms with van der Waals surface area (Å²) >= 11 is 5.24. The van der Waals surface area contributed by atoms with Crippen LogP contribution in [-0.4, -0.2) is 12.0 Å². The largest absolute Gasteiger partial charge is 0.378 e. The van der Waals surface area contributed by atoms with Crippen molar-refractivity contribution in [1.29, 1.82) is 0 Å². The maximum Gasteiger partial charge on any atom is 0.165 e. The molecule has 0 bridgehead atoms. The van der Waals surface area contributed by atoms with Gasteiger partial charge in [0, 0.05) is 27.0 Å². The summed E-state index contributed by atoms with van der Waals surface area (Å²) in [6.45, 7) is 6.54. The van der Waals surface area contributed by atoms with Crippen LogP contribution in [0.2, 0.25) is 0 Å². The van der Waals surface area contributed by atoms with Crippen molar-refractivity contribution in [2.24, 2.45) is 0 Å². The molecule has 1 N–H and O–H groups in total. The number of ketones is 1. The third-order valence-electron chi connectivity index (χ3n) is 5.15. The van der Waals surface area contributed by atoms with Gasteiger partial charge in [-0.1, -0.05) is 79.2 Å². The summed E-state index contributed by atoms with van der Waals surface area (Å²) in [5, 5.41) is 3.55. The van der Waals surface area contributed by atoms with Gasteiger partial charge in [-0.3, -0.25) is 4.79 Å². The number of carbonyl (C=O) groups excluding carboxylic acids is 1. The lowest BCUT2D eigenvalue weighted by molar-refractivity contribution is 0.0976. The molecule has 0 aliphatic rings. The van der Waals surface area contributed by atoms with E-state index in [1.807, 2.05) is 36.4 Å². The number of Topliss-reactive ketones (excluding diaryl/α,β-unsaturated/α-hetero) is 1. The first kappa shape index (κ1) is 22.6. The van der Waals surface area contributed by atoms with E-state index in [0.717, 1.165) is 21.3 Å². The van der Waals surface area contributed by atoms with E-state index in [1.165, 1.54) is 10.5 Å². The Kier molecular flexibility index (Phi) is 7.43. The third-order valence-corrected chi connectivity index (χ3v) is 6.38. The fourth-order valence-corrected chi connectivity index (χ4v) is 4.13. The first-order chi connectivity index (χ1) is 14.3. The van der Waals surface area contributed by atoms with Crippen molar-refractivity contribution in [3.63, 3.8) is 0 Å². The number of hydrogen-bond acceptors (Lipinski definition) is 3. The van der Waals surface area contributed by atoms with E-state index in [0.29, 0.717) is 6.42 Å². The second kappa shape index (κ2) is 9.84. The van der Waals surface area contributed by atoms with Crippen LogP contribution in [0.3, 0.4) is 0 Å². The molecule has 3 aromatic carbocycles. The van der Waals surface area contributed by atoms with E-state index in [4.69, 9.17) is 0 Å². The predicted molar refractivity (Wildman–Crippen MR) is 133 cm³/mol. The van der Waals surface area contributed by atoms with Crippen LogP contribution in [-0.2, 0) is 5.41 Å². The van der Waals surface area contributed by atoms with Crippen LogP contribution < -0.4 is 5.32 Å². The van der Waals surface area contributed by atoms with Gasteiger partial charge in [0.1, 0.15) is 0 Å². The SMILES string of the molecule is CSc1ccc([C@H](CC(=O)c2ccc(C(C)(C)C)cc2)Nc2cccc(Br)c2)cc1. The Hall–Kier alpha value is -2.04. The van der Waals surface area contributed by atoms with Crippen LogP contribution in [0, 0.1) is 0 Å². The first-order valence-corrected chi connectivity index (χ1v) is 12.1. The second-order valence-electron chi connectivity index (χ2n) is 8.44. The molecule has 0 aromatic heterocycles. The molecule has 1 atom stereocenters. The molecule has 30 heavy (non-hydrogen) atoms. The van der Waals surface area contributed by atoms with E-state index < -0.39 is 0 Å².